The molecule has 0 aliphatic heterocycles. The molecule has 1 unspecified atom stereocenters. The number of nitrogens with zero attached hydrogens (tertiary/aromatic N) is 4. The number of hydrogen-bond donors (Lipinski definition) is 1. The summed E-state index contributed by atoms with van der Waals surface area (Å²) in [4.78, 5) is 8.27. The molecule has 0 fully saturated rings. The third kappa shape index (κ3) is 2.38. The Bertz CT molecular complexity index is 439. The molecule has 4 nitrogen and oxygen atoms in total. The number of thiol groups is 1. The van der Waals surface area contributed by atoms with Crippen molar-refractivity contribution in [1.29, 1.82) is 0 Å². The van der Waals surface area contributed by atoms with E-state index in [1.807, 2.05) is 12.4 Å². The van der Waals surface area contributed by atoms with E-state index in [0.29, 0.717) is 11.2 Å². The molecule has 0 N–H and O–H groups in total. The molecule has 2 rings (SSSR count). The van der Waals surface area contributed by atoms with Gasteiger partial charge in [0, 0.05) is 35.2 Å². The molecule has 0 aliphatic carbocycles. The highest BCUT2D eigenvalue weighted by Gasteiger charge is 2.11. The minimum Gasteiger partial charge on any atom is -0.220 e. The first-order valence-electron chi connectivity index (χ1n) is 4.80. The zero-order valence-electron chi connectivity index (χ0n) is 8.82. The molecule has 0 saturated carbocycles. The van der Waals surface area contributed by atoms with Crippen LogP contribution in [-0.2, 0) is 0 Å². The smallest absolute Gasteiger partial charge is 0.220 e. The van der Waals surface area contributed by atoms with Crippen LogP contribution in [0.25, 0.3) is 5.95 Å². The van der Waals surface area contributed by atoms with Gasteiger partial charge in [-0.3, -0.25) is 0 Å². The maximum absolute atomic E-state index is 4.31. The Balaban J connectivity index is 2.26. The molecule has 2 aromatic rings. The second-order valence-electron chi connectivity index (χ2n) is 3.17. The van der Waals surface area contributed by atoms with Gasteiger partial charge in [-0.15, -0.1) is 0 Å². The highest BCUT2D eigenvalue weighted by molar-refractivity contribution is 7.99. The highest BCUT2D eigenvalue weighted by Crippen LogP contribution is 2.27. The maximum atomic E-state index is 4.31. The molecule has 0 radical (unpaired) electrons. The second-order valence-corrected chi connectivity index (χ2v) is 4.58. The number of rotatable bonds is 4. The van der Waals surface area contributed by atoms with Crippen LogP contribution in [0.5, 0.6) is 0 Å². The molecule has 0 bridgehead atoms. The summed E-state index contributed by atoms with van der Waals surface area (Å²) in [5, 5.41) is 4.61. The quantitative estimate of drug-likeness (QED) is 0.845. The van der Waals surface area contributed by atoms with Gasteiger partial charge in [0.15, 0.2) is 0 Å². The fourth-order valence-corrected chi connectivity index (χ4v) is 2.54. The predicted octanol–water partition coefficient (Wildman–Crippen LogP) is 2.00. The van der Waals surface area contributed by atoms with Gasteiger partial charge in [-0.1, -0.05) is 0 Å². The number of hydrogen-bond acceptors (Lipinski definition) is 5. The average molecular weight is 252 g/mol. The molecule has 84 valence electrons. The summed E-state index contributed by atoms with van der Waals surface area (Å²) in [7, 11) is 0. The zero-order valence-corrected chi connectivity index (χ0v) is 10.5. The lowest BCUT2D eigenvalue weighted by molar-refractivity contribution is 0.807. The monoisotopic (exact) mass is 252 g/mol. The molecule has 0 aliphatic rings. The second kappa shape index (κ2) is 5.36. The fraction of sp³-hybridized carbons (Fsp3) is 0.300. The lowest BCUT2D eigenvalue weighted by Gasteiger charge is -2.07. The van der Waals surface area contributed by atoms with Crippen LogP contribution in [-0.4, -0.2) is 31.8 Å². The molecule has 0 aromatic carbocycles. The van der Waals surface area contributed by atoms with Crippen LogP contribution in [0.4, 0.5) is 0 Å². The maximum Gasteiger partial charge on any atom is 0.250 e. The summed E-state index contributed by atoms with van der Waals surface area (Å²) in [6.45, 7) is 0. The van der Waals surface area contributed by atoms with Gasteiger partial charge in [-0.2, -0.15) is 29.5 Å². The molecule has 0 spiro atoms. The Labute approximate surface area is 104 Å². The summed E-state index contributed by atoms with van der Waals surface area (Å²) in [6, 6.07) is 1.78. The van der Waals surface area contributed by atoms with E-state index in [9.17, 15) is 0 Å². The van der Waals surface area contributed by atoms with Gasteiger partial charge in [0.05, 0.1) is 6.20 Å². The van der Waals surface area contributed by atoms with Crippen molar-refractivity contribution in [3.63, 3.8) is 0 Å². The van der Waals surface area contributed by atoms with Gasteiger partial charge in [0.25, 0.3) is 0 Å². The van der Waals surface area contributed by atoms with Gasteiger partial charge in [-0.25, -0.2) is 14.6 Å². The van der Waals surface area contributed by atoms with Crippen molar-refractivity contribution in [2.24, 2.45) is 0 Å². The van der Waals surface area contributed by atoms with E-state index in [0.717, 1.165) is 11.3 Å². The van der Waals surface area contributed by atoms with Crippen LogP contribution in [0.3, 0.4) is 0 Å². The van der Waals surface area contributed by atoms with Crippen LogP contribution in [0, 0.1) is 0 Å². The number of thioether (sulfide) groups is 1. The van der Waals surface area contributed by atoms with Crippen molar-refractivity contribution in [2.75, 3.05) is 12.0 Å². The predicted molar refractivity (Wildman–Crippen MR) is 69.3 cm³/mol. The Hall–Kier alpha value is -1.01. The Kier molecular flexibility index (Phi) is 3.84. The normalized spacial score (nSPS) is 12.6. The van der Waals surface area contributed by atoms with E-state index >= 15 is 0 Å². The first-order chi connectivity index (χ1) is 7.85. The molecule has 6 heteroatoms. The fourth-order valence-electron chi connectivity index (χ4n) is 1.34. The molecule has 16 heavy (non-hydrogen) atoms. The van der Waals surface area contributed by atoms with Gasteiger partial charge in [0.1, 0.15) is 0 Å². The molecule has 1 atom stereocenters. The van der Waals surface area contributed by atoms with Gasteiger partial charge in [-0.05, 0) is 12.3 Å². The third-order valence-corrected chi connectivity index (χ3v) is 3.80. The third-order valence-electron chi connectivity index (χ3n) is 2.18. The van der Waals surface area contributed by atoms with E-state index < -0.39 is 0 Å². The minimum atomic E-state index is 0.362. The Morgan fingerprint density at radius 1 is 1.44 bits per heavy atom. The molecule has 0 amide bonds. The van der Waals surface area contributed by atoms with Crippen molar-refractivity contribution in [1.82, 2.24) is 19.7 Å². The molecule has 2 aromatic heterocycles. The highest BCUT2D eigenvalue weighted by atomic mass is 32.2. The van der Waals surface area contributed by atoms with Gasteiger partial charge in [0.2, 0.25) is 5.95 Å². The van der Waals surface area contributed by atoms with Crippen LogP contribution in [0.1, 0.15) is 10.8 Å². The van der Waals surface area contributed by atoms with Crippen molar-refractivity contribution in [3.8, 4) is 5.95 Å². The van der Waals surface area contributed by atoms with Crippen LogP contribution in [0.15, 0.2) is 30.9 Å². The van der Waals surface area contributed by atoms with E-state index in [4.69, 9.17) is 0 Å². The SMILES string of the molecule is CSC(CS)c1cnn(-c2ncccn2)c1. The van der Waals surface area contributed by atoms with Gasteiger partial charge >= 0.3 is 0 Å². The Morgan fingerprint density at radius 3 is 2.81 bits per heavy atom. The minimum absolute atomic E-state index is 0.362. The van der Waals surface area contributed by atoms with Crippen molar-refractivity contribution < 1.29 is 0 Å². The van der Waals surface area contributed by atoms with E-state index in [-0.39, 0.29) is 0 Å². The molecule has 2 heterocycles. The summed E-state index contributed by atoms with van der Waals surface area (Å²) < 4.78 is 1.68. The van der Waals surface area contributed by atoms with E-state index in [2.05, 4.69) is 34.0 Å². The summed E-state index contributed by atoms with van der Waals surface area (Å²) in [6.07, 6.45) is 9.26. The summed E-state index contributed by atoms with van der Waals surface area (Å²) in [5.41, 5.74) is 1.15. The van der Waals surface area contributed by atoms with E-state index in [1.165, 1.54) is 0 Å². The van der Waals surface area contributed by atoms with Crippen LogP contribution < -0.4 is 0 Å². The van der Waals surface area contributed by atoms with Crippen molar-refractivity contribution >= 4 is 24.4 Å². The number of aromatic nitrogens is 4. The molecular weight excluding hydrogens is 240 g/mol. The molecule has 0 saturated heterocycles. The Morgan fingerprint density at radius 2 is 2.19 bits per heavy atom. The average Bonchev–Trinajstić information content (AvgIpc) is 2.81. The first kappa shape index (κ1) is 11.5. The van der Waals surface area contributed by atoms with E-state index in [1.54, 1.807) is 34.9 Å². The summed E-state index contributed by atoms with van der Waals surface area (Å²) >= 11 is 6.08. The van der Waals surface area contributed by atoms with Crippen LogP contribution in [0.2, 0.25) is 0 Å². The topological polar surface area (TPSA) is 43.6 Å². The van der Waals surface area contributed by atoms with Gasteiger partial charge < -0.3 is 0 Å². The van der Waals surface area contributed by atoms with Crippen molar-refractivity contribution in [3.05, 3.63) is 36.4 Å². The molecular formula is C10H12N4S2. The zero-order chi connectivity index (χ0) is 11.4. The lowest BCUT2D eigenvalue weighted by Crippen LogP contribution is -2.00. The standard InChI is InChI=1S/C10H12N4S2/c1-16-9(7-15)8-5-13-14(6-8)10-11-3-2-4-12-10/h2-6,9,15H,7H2,1H3. The first-order valence-corrected chi connectivity index (χ1v) is 6.73. The largest absolute Gasteiger partial charge is 0.250 e. The van der Waals surface area contributed by atoms with Crippen molar-refractivity contribution in [2.45, 2.75) is 5.25 Å². The summed E-state index contributed by atoms with van der Waals surface area (Å²) in [5.74, 6) is 1.38. The van der Waals surface area contributed by atoms with Crippen LogP contribution >= 0.6 is 24.4 Å². The lowest BCUT2D eigenvalue weighted by atomic mass is 10.3.